The van der Waals surface area contributed by atoms with Crippen molar-refractivity contribution in [2.24, 2.45) is 11.8 Å². The lowest BCUT2D eigenvalue weighted by molar-refractivity contribution is -0.125. The van der Waals surface area contributed by atoms with E-state index in [9.17, 15) is 9.59 Å². The molecular formula is C19H28ClN3O2. The molecule has 1 aliphatic heterocycles. The van der Waals surface area contributed by atoms with Gasteiger partial charge in [-0.05, 0) is 42.9 Å². The smallest absolute Gasteiger partial charge is 0.317 e. The van der Waals surface area contributed by atoms with Crippen LogP contribution < -0.4 is 10.6 Å². The summed E-state index contributed by atoms with van der Waals surface area (Å²) in [7, 11) is 1.64. The molecule has 25 heavy (non-hydrogen) atoms. The van der Waals surface area contributed by atoms with E-state index in [0.29, 0.717) is 24.0 Å². The lowest BCUT2D eigenvalue weighted by Gasteiger charge is -2.33. The van der Waals surface area contributed by atoms with Crippen LogP contribution in [0.3, 0.4) is 0 Å². The Morgan fingerprint density at radius 3 is 2.56 bits per heavy atom. The second-order valence-electron chi connectivity index (χ2n) is 7.08. The topological polar surface area (TPSA) is 61.4 Å². The van der Waals surface area contributed by atoms with Crippen molar-refractivity contribution in [2.75, 3.05) is 20.1 Å². The minimum atomic E-state index is -0.122. The SMILES string of the molecule is CNC(=O)C1CCCN(C(=O)NC(CC(C)C)c2ccc(Cl)cc2)C1. The predicted octanol–water partition coefficient (Wildman–Crippen LogP) is 3.59. The van der Waals surface area contributed by atoms with Gasteiger partial charge >= 0.3 is 6.03 Å². The Labute approximate surface area is 155 Å². The minimum Gasteiger partial charge on any atom is -0.359 e. The lowest BCUT2D eigenvalue weighted by Crippen LogP contribution is -2.49. The number of nitrogens with one attached hydrogen (secondary N) is 2. The average Bonchev–Trinajstić information content (AvgIpc) is 2.60. The Bertz CT molecular complexity index is 589. The molecule has 3 amide bonds. The number of hydrogen-bond acceptors (Lipinski definition) is 2. The number of halogens is 1. The molecule has 0 spiro atoms. The largest absolute Gasteiger partial charge is 0.359 e. The van der Waals surface area contributed by atoms with Crippen LogP contribution in [0.1, 0.15) is 44.7 Å². The second-order valence-corrected chi connectivity index (χ2v) is 7.52. The summed E-state index contributed by atoms with van der Waals surface area (Å²) in [4.78, 5) is 26.4. The molecule has 2 N–H and O–H groups in total. The summed E-state index contributed by atoms with van der Waals surface area (Å²) in [5.41, 5.74) is 1.05. The first kappa shape index (κ1) is 19.6. The Balaban J connectivity index is 2.05. The van der Waals surface area contributed by atoms with Crippen molar-refractivity contribution in [3.63, 3.8) is 0 Å². The molecule has 5 nitrogen and oxygen atoms in total. The summed E-state index contributed by atoms with van der Waals surface area (Å²) in [5.74, 6) is 0.332. The third-order valence-corrected chi connectivity index (χ3v) is 4.85. The third kappa shape index (κ3) is 5.63. The molecule has 1 fully saturated rings. The van der Waals surface area contributed by atoms with Gasteiger partial charge in [0, 0.05) is 25.2 Å². The number of piperidine rings is 1. The molecule has 0 aromatic heterocycles. The quantitative estimate of drug-likeness (QED) is 0.837. The standard InChI is InChI=1S/C19H28ClN3O2/c1-13(2)11-17(14-6-8-16(20)9-7-14)22-19(25)23-10-4-5-15(12-23)18(24)21-3/h6-9,13,15,17H,4-5,10-12H2,1-3H3,(H,21,24)(H,22,25). The first-order valence-electron chi connectivity index (χ1n) is 8.93. The van der Waals surface area contributed by atoms with Crippen LogP contribution in [0.4, 0.5) is 4.79 Å². The van der Waals surface area contributed by atoms with E-state index < -0.39 is 0 Å². The second kappa shape index (κ2) is 9.09. The zero-order valence-electron chi connectivity index (χ0n) is 15.2. The summed E-state index contributed by atoms with van der Waals surface area (Å²) in [6.45, 7) is 5.43. The first-order chi connectivity index (χ1) is 11.9. The van der Waals surface area contributed by atoms with Crippen LogP contribution in [0.15, 0.2) is 24.3 Å². The highest BCUT2D eigenvalue weighted by Gasteiger charge is 2.29. The molecule has 2 rings (SSSR count). The molecule has 1 saturated heterocycles. The highest BCUT2D eigenvalue weighted by atomic mass is 35.5. The van der Waals surface area contributed by atoms with Gasteiger partial charge in [0.2, 0.25) is 5.91 Å². The maximum Gasteiger partial charge on any atom is 0.317 e. The molecule has 1 aliphatic rings. The summed E-state index contributed by atoms with van der Waals surface area (Å²) >= 11 is 5.98. The predicted molar refractivity (Wildman–Crippen MR) is 101 cm³/mol. The van der Waals surface area contributed by atoms with Crippen molar-refractivity contribution in [1.29, 1.82) is 0 Å². The Kier molecular flexibility index (Phi) is 7.12. The van der Waals surface area contributed by atoms with E-state index in [0.717, 1.165) is 24.8 Å². The van der Waals surface area contributed by atoms with E-state index in [1.165, 1.54) is 0 Å². The van der Waals surface area contributed by atoms with Crippen LogP contribution in [0.2, 0.25) is 5.02 Å². The third-order valence-electron chi connectivity index (χ3n) is 4.60. The van der Waals surface area contributed by atoms with Gasteiger partial charge < -0.3 is 15.5 Å². The molecule has 1 heterocycles. The maximum absolute atomic E-state index is 12.7. The van der Waals surface area contributed by atoms with E-state index in [1.54, 1.807) is 11.9 Å². The van der Waals surface area contributed by atoms with Crippen molar-refractivity contribution in [3.05, 3.63) is 34.9 Å². The van der Waals surface area contributed by atoms with Crippen LogP contribution in [0.5, 0.6) is 0 Å². The summed E-state index contributed by atoms with van der Waals surface area (Å²) in [6.07, 6.45) is 2.53. The minimum absolute atomic E-state index is 0.00827. The highest BCUT2D eigenvalue weighted by molar-refractivity contribution is 6.30. The van der Waals surface area contributed by atoms with Gasteiger partial charge in [0.1, 0.15) is 0 Å². The fraction of sp³-hybridized carbons (Fsp3) is 0.579. The Morgan fingerprint density at radius 2 is 1.96 bits per heavy atom. The van der Waals surface area contributed by atoms with Crippen molar-refractivity contribution in [3.8, 4) is 0 Å². The average molecular weight is 366 g/mol. The van der Waals surface area contributed by atoms with Crippen LogP contribution in [-0.2, 0) is 4.79 Å². The first-order valence-corrected chi connectivity index (χ1v) is 9.31. The lowest BCUT2D eigenvalue weighted by atomic mass is 9.96. The van der Waals surface area contributed by atoms with E-state index in [-0.39, 0.29) is 23.9 Å². The Hall–Kier alpha value is -1.75. The number of urea groups is 1. The van der Waals surface area contributed by atoms with Crippen LogP contribution >= 0.6 is 11.6 Å². The molecule has 6 heteroatoms. The molecule has 2 unspecified atom stereocenters. The van der Waals surface area contributed by atoms with Crippen molar-refractivity contribution in [2.45, 2.75) is 39.2 Å². The van der Waals surface area contributed by atoms with Crippen molar-refractivity contribution in [1.82, 2.24) is 15.5 Å². The van der Waals surface area contributed by atoms with Crippen LogP contribution in [0.25, 0.3) is 0 Å². The highest BCUT2D eigenvalue weighted by Crippen LogP contribution is 2.24. The number of carbonyl (C=O) groups is 2. The molecule has 2 atom stereocenters. The van der Waals surface area contributed by atoms with Gasteiger partial charge in [0.25, 0.3) is 0 Å². The van der Waals surface area contributed by atoms with Gasteiger partial charge in [-0.2, -0.15) is 0 Å². The number of carbonyl (C=O) groups excluding carboxylic acids is 2. The number of likely N-dealkylation sites (tertiary alicyclic amines) is 1. The summed E-state index contributed by atoms with van der Waals surface area (Å²) in [5, 5.41) is 6.51. The zero-order chi connectivity index (χ0) is 18.4. The van der Waals surface area contributed by atoms with Crippen molar-refractivity contribution >= 4 is 23.5 Å². The molecule has 0 radical (unpaired) electrons. The Morgan fingerprint density at radius 1 is 1.28 bits per heavy atom. The van der Waals surface area contributed by atoms with E-state index in [4.69, 9.17) is 11.6 Å². The van der Waals surface area contributed by atoms with Gasteiger partial charge in [0.15, 0.2) is 0 Å². The molecule has 1 aromatic carbocycles. The summed E-state index contributed by atoms with van der Waals surface area (Å²) < 4.78 is 0. The number of nitrogens with zero attached hydrogens (tertiary/aromatic N) is 1. The van der Waals surface area contributed by atoms with E-state index in [1.807, 2.05) is 24.3 Å². The van der Waals surface area contributed by atoms with Gasteiger partial charge in [-0.1, -0.05) is 37.6 Å². The maximum atomic E-state index is 12.7. The van der Waals surface area contributed by atoms with Gasteiger partial charge in [-0.15, -0.1) is 0 Å². The summed E-state index contributed by atoms with van der Waals surface area (Å²) in [6, 6.07) is 7.44. The number of benzene rings is 1. The molecule has 0 bridgehead atoms. The normalized spacial score (nSPS) is 18.8. The van der Waals surface area contributed by atoms with Gasteiger partial charge in [-0.25, -0.2) is 4.79 Å². The molecule has 0 saturated carbocycles. The van der Waals surface area contributed by atoms with E-state index in [2.05, 4.69) is 24.5 Å². The van der Waals surface area contributed by atoms with Crippen molar-refractivity contribution < 1.29 is 9.59 Å². The monoisotopic (exact) mass is 365 g/mol. The zero-order valence-corrected chi connectivity index (χ0v) is 16.0. The molecule has 1 aromatic rings. The van der Waals surface area contributed by atoms with Gasteiger partial charge in [0.05, 0.1) is 12.0 Å². The fourth-order valence-electron chi connectivity index (χ4n) is 3.26. The number of amides is 3. The van der Waals surface area contributed by atoms with E-state index >= 15 is 0 Å². The molecule has 138 valence electrons. The van der Waals surface area contributed by atoms with Gasteiger partial charge in [-0.3, -0.25) is 4.79 Å². The molecular weight excluding hydrogens is 338 g/mol. The van der Waals surface area contributed by atoms with Crippen LogP contribution in [0, 0.1) is 11.8 Å². The fourth-order valence-corrected chi connectivity index (χ4v) is 3.39. The number of hydrogen-bond donors (Lipinski definition) is 2. The molecule has 0 aliphatic carbocycles. The van der Waals surface area contributed by atoms with Crippen LogP contribution in [-0.4, -0.2) is 37.0 Å². The number of rotatable bonds is 5.